The number of amides is 1. The van der Waals surface area contributed by atoms with Gasteiger partial charge in [0, 0.05) is 13.6 Å². The predicted octanol–water partition coefficient (Wildman–Crippen LogP) is 1.41. The van der Waals surface area contributed by atoms with E-state index < -0.39 is 5.97 Å². The van der Waals surface area contributed by atoms with Crippen LogP contribution in [0.1, 0.15) is 32.1 Å². The van der Waals surface area contributed by atoms with Crippen molar-refractivity contribution in [2.45, 2.75) is 13.3 Å². The average molecular weight is 317 g/mol. The summed E-state index contributed by atoms with van der Waals surface area (Å²) in [4.78, 5) is 23.0. The number of aromatic nitrogens is 2. The summed E-state index contributed by atoms with van der Waals surface area (Å²) >= 11 is 0. The first-order chi connectivity index (χ1) is 10.9. The fraction of sp³-hybridized carbons (Fsp3) is 0.312. The van der Waals surface area contributed by atoms with E-state index in [-0.39, 0.29) is 11.5 Å². The molecule has 0 radical (unpaired) electrons. The van der Waals surface area contributed by atoms with Crippen LogP contribution in [0.25, 0.3) is 0 Å². The number of nitrogens with one attached hydrogen (secondary N) is 1. The summed E-state index contributed by atoms with van der Waals surface area (Å²) in [7, 11) is 3.21. The zero-order valence-electron chi connectivity index (χ0n) is 13.3. The smallest absolute Gasteiger partial charge is 0.335 e. The van der Waals surface area contributed by atoms with Crippen LogP contribution in [0.2, 0.25) is 0 Å². The Balaban J connectivity index is 2.00. The number of hydrogen-bond acceptors (Lipinski definition) is 4. The molecular formula is C16H19N3O4. The second kappa shape index (κ2) is 6.95. The third-order valence-corrected chi connectivity index (χ3v) is 3.45. The molecule has 0 saturated carbocycles. The molecule has 122 valence electrons. The molecule has 7 nitrogen and oxygen atoms in total. The number of methoxy groups -OCH3 is 1. The Bertz CT molecular complexity index is 737. The van der Waals surface area contributed by atoms with E-state index in [2.05, 4.69) is 10.4 Å². The lowest BCUT2D eigenvalue weighted by Gasteiger charge is -2.10. The molecular weight excluding hydrogens is 298 g/mol. The molecule has 0 saturated heterocycles. The fourth-order valence-corrected chi connectivity index (χ4v) is 2.31. The van der Waals surface area contributed by atoms with Gasteiger partial charge in [0.05, 0.1) is 18.4 Å². The quantitative estimate of drug-likeness (QED) is 0.840. The van der Waals surface area contributed by atoms with Crippen molar-refractivity contribution in [2.24, 2.45) is 7.05 Å². The van der Waals surface area contributed by atoms with Gasteiger partial charge in [0.25, 0.3) is 5.91 Å². The number of hydrogen-bond donors (Lipinski definition) is 2. The Labute approximate surface area is 133 Å². The summed E-state index contributed by atoms with van der Waals surface area (Å²) in [5.74, 6) is -0.709. The van der Waals surface area contributed by atoms with Gasteiger partial charge in [-0.05, 0) is 37.1 Å². The van der Waals surface area contributed by atoms with Crippen molar-refractivity contribution in [3.05, 3.63) is 46.8 Å². The Morgan fingerprint density at radius 2 is 2.09 bits per heavy atom. The van der Waals surface area contributed by atoms with Gasteiger partial charge in [0.1, 0.15) is 11.4 Å². The number of nitrogens with zero attached hydrogens (tertiary/aromatic N) is 2. The number of carboxylic acids is 1. The second-order valence-electron chi connectivity index (χ2n) is 5.13. The monoisotopic (exact) mass is 317 g/mol. The normalized spacial score (nSPS) is 10.4. The molecule has 0 aliphatic heterocycles. The van der Waals surface area contributed by atoms with Crippen LogP contribution in [0.3, 0.4) is 0 Å². The minimum atomic E-state index is -1.00. The topological polar surface area (TPSA) is 93.4 Å². The molecule has 7 heteroatoms. The Morgan fingerprint density at radius 3 is 2.65 bits per heavy atom. The summed E-state index contributed by atoms with van der Waals surface area (Å²) < 4.78 is 6.75. The number of rotatable bonds is 6. The zero-order chi connectivity index (χ0) is 17.0. The van der Waals surface area contributed by atoms with Crippen molar-refractivity contribution in [3.8, 4) is 5.75 Å². The van der Waals surface area contributed by atoms with Crippen LogP contribution in [0, 0.1) is 6.92 Å². The summed E-state index contributed by atoms with van der Waals surface area (Å²) in [6, 6.07) is 6.41. The first-order valence-corrected chi connectivity index (χ1v) is 7.11. The van der Waals surface area contributed by atoms with Gasteiger partial charge < -0.3 is 15.2 Å². The molecule has 1 heterocycles. The molecule has 0 bridgehead atoms. The highest BCUT2D eigenvalue weighted by molar-refractivity contribution is 5.92. The Kier molecular flexibility index (Phi) is 5.00. The van der Waals surface area contributed by atoms with Crippen LogP contribution in [0.15, 0.2) is 24.3 Å². The first kappa shape index (κ1) is 16.5. The van der Waals surface area contributed by atoms with Crippen molar-refractivity contribution in [3.63, 3.8) is 0 Å². The van der Waals surface area contributed by atoms with Crippen LogP contribution < -0.4 is 10.1 Å². The van der Waals surface area contributed by atoms with Gasteiger partial charge in [-0.15, -0.1) is 0 Å². The third kappa shape index (κ3) is 3.88. The molecule has 2 rings (SSSR count). The summed E-state index contributed by atoms with van der Waals surface area (Å²) in [6.45, 7) is 2.23. The van der Waals surface area contributed by atoms with Gasteiger partial charge in [-0.3, -0.25) is 9.48 Å². The Hall–Kier alpha value is -2.83. The molecule has 0 aliphatic rings. The van der Waals surface area contributed by atoms with Gasteiger partial charge in [0.15, 0.2) is 0 Å². The molecule has 0 unspecified atom stereocenters. The lowest BCUT2D eigenvalue weighted by atomic mass is 10.1. The van der Waals surface area contributed by atoms with E-state index in [0.717, 1.165) is 11.3 Å². The molecule has 1 aromatic carbocycles. The van der Waals surface area contributed by atoms with Crippen molar-refractivity contribution in [2.75, 3.05) is 13.7 Å². The number of carbonyl (C=O) groups is 2. The summed E-state index contributed by atoms with van der Waals surface area (Å²) in [5, 5.41) is 15.9. The highest BCUT2D eigenvalue weighted by Crippen LogP contribution is 2.20. The van der Waals surface area contributed by atoms with E-state index in [0.29, 0.717) is 24.4 Å². The van der Waals surface area contributed by atoms with Gasteiger partial charge >= 0.3 is 5.97 Å². The van der Waals surface area contributed by atoms with Crippen molar-refractivity contribution in [1.29, 1.82) is 0 Å². The lowest BCUT2D eigenvalue weighted by Crippen LogP contribution is -2.27. The molecule has 0 aliphatic carbocycles. The van der Waals surface area contributed by atoms with E-state index in [1.165, 1.54) is 23.9 Å². The zero-order valence-corrected chi connectivity index (χ0v) is 13.3. The highest BCUT2D eigenvalue weighted by Gasteiger charge is 2.12. The number of aryl methyl sites for hydroxylation is 2. The van der Waals surface area contributed by atoms with Gasteiger partial charge in [-0.1, -0.05) is 6.07 Å². The number of ether oxygens (including phenoxy) is 1. The van der Waals surface area contributed by atoms with E-state index >= 15 is 0 Å². The number of aromatic carboxylic acids is 1. The average Bonchev–Trinajstić information content (AvgIpc) is 2.85. The molecule has 2 N–H and O–H groups in total. The Morgan fingerprint density at radius 1 is 1.35 bits per heavy atom. The third-order valence-electron chi connectivity index (χ3n) is 3.45. The van der Waals surface area contributed by atoms with Crippen LogP contribution >= 0.6 is 0 Å². The molecule has 0 fully saturated rings. The minimum Gasteiger partial charge on any atom is -0.496 e. The van der Waals surface area contributed by atoms with Gasteiger partial charge in [0.2, 0.25) is 0 Å². The SMILES string of the molecule is COc1cc(C(=O)O)ccc1CCNC(=O)c1cc(C)nn1C. The van der Waals surface area contributed by atoms with Gasteiger partial charge in [-0.2, -0.15) is 5.10 Å². The van der Waals surface area contributed by atoms with Crippen LogP contribution in [-0.2, 0) is 13.5 Å². The fourth-order valence-electron chi connectivity index (χ4n) is 2.31. The largest absolute Gasteiger partial charge is 0.496 e. The van der Waals surface area contributed by atoms with Crippen molar-refractivity contribution >= 4 is 11.9 Å². The van der Waals surface area contributed by atoms with E-state index in [1.54, 1.807) is 19.2 Å². The standard InChI is InChI=1S/C16H19N3O4/c1-10-8-13(19(2)18-10)15(20)17-7-6-11-4-5-12(16(21)22)9-14(11)23-3/h4-5,8-9H,6-7H2,1-3H3,(H,17,20)(H,21,22). The van der Waals surface area contributed by atoms with Crippen LogP contribution in [0.5, 0.6) is 5.75 Å². The molecule has 0 atom stereocenters. The predicted molar refractivity (Wildman–Crippen MR) is 83.9 cm³/mol. The molecule has 2 aromatic rings. The lowest BCUT2D eigenvalue weighted by molar-refractivity contribution is 0.0696. The maximum Gasteiger partial charge on any atom is 0.335 e. The van der Waals surface area contributed by atoms with E-state index in [9.17, 15) is 9.59 Å². The summed E-state index contributed by atoms with van der Waals surface area (Å²) in [6.07, 6.45) is 0.533. The van der Waals surface area contributed by atoms with Gasteiger partial charge in [-0.25, -0.2) is 4.79 Å². The van der Waals surface area contributed by atoms with Crippen molar-refractivity contribution < 1.29 is 19.4 Å². The number of benzene rings is 1. The minimum absolute atomic E-state index is 0.167. The van der Waals surface area contributed by atoms with E-state index in [4.69, 9.17) is 9.84 Å². The molecule has 0 spiro atoms. The molecule has 1 amide bonds. The molecule has 23 heavy (non-hydrogen) atoms. The number of carbonyl (C=O) groups excluding carboxylic acids is 1. The number of carboxylic acid groups (broad SMARTS) is 1. The first-order valence-electron chi connectivity index (χ1n) is 7.11. The second-order valence-corrected chi connectivity index (χ2v) is 5.13. The molecule has 1 aromatic heterocycles. The maximum absolute atomic E-state index is 12.1. The highest BCUT2D eigenvalue weighted by atomic mass is 16.5. The summed E-state index contributed by atoms with van der Waals surface area (Å²) in [5.41, 5.74) is 2.28. The van der Waals surface area contributed by atoms with E-state index in [1.807, 2.05) is 6.92 Å². The maximum atomic E-state index is 12.1. The van der Waals surface area contributed by atoms with Crippen LogP contribution in [0.4, 0.5) is 0 Å². The van der Waals surface area contributed by atoms with Crippen molar-refractivity contribution in [1.82, 2.24) is 15.1 Å². The van der Waals surface area contributed by atoms with Crippen LogP contribution in [-0.4, -0.2) is 40.4 Å².